The quantitative estimate of drug-likeness (QED) is 0.192. The van der Waals surface area contributed by atoms with Gasteiger partial charge in [0.25, 0.3) is 0 Å². The lowest BCUT2D eigenvalue weighted by atomic mass is 9.95. The predicted octanol–water partition coefficient (Wildman–Crippen LogP) is 11.2. The third-order valence-electron chi connectivity index (χ3n) is 8.49. The Bertz CT molecular complexity index is 2670. The molecule has 0 bridgehead atoms. The van der Waals surface area contributed by atoms with Crippen LogP contribution in [0.3, 0.4) is 0 Å². The molecule has 4 aromatic heterocycles. The van der Waals surface area contributed by atoms with E-state index in [-0.39, 0.29) is 0 Å². The minimum Gasteiger partial charge on any atom is -0.436 e. The van der Waals surface area contributed by atoms with Crippen molar-refractivity contribution in [2.45, 2.75) is 6.92 Å². The summed E-state index contributed by atoms with van der Waals surface area (Å²) in [7, 11) is 0. The molecular weight excluding hydrogens is 570 g/mol. The normalized spacial score (nSPS) is 12.4. The van der Waals surface area contributed by atoms with E-state index in [9.17, 15) is 0 Å². The molecule has 0 amide bonds. The largest absolute Gasteiger partial charge is 0.436 e. The molecule has 6 heteroatoms. The van der Waals surface area contributed by atoms with Crippen molar-refractivity contribution in [2.24, 2.45) is 0 Å². The molecular formula is C37H22ClN3OS. The number of aryl methyl sites for hydroxylation is 1. The lowest BCUT2D eigenvalue weighted by Crippen LogP contribution is -2.00. The van der Waals surface area contributed by atoms with Gasteiger partial charge in [-0.3, -0.25) is 4.57 Å². The Kier molecular flexibility index (Phi) is 5.16. The zero-order valence-corrected chi connectivity index (χ0v) is 24.6. The molecule has 0 aliphatic rings. The SMILES string of the molecule is C=C/C=C\c1ccc2sc3c(c4ccccc4c4c5ccccc5n(-c5nc6c(nc5Cl)oc5ccccc56)c34)c2c1C. The van der Waals surface area contributed by atoms with Crippen LogP contribution in [-0.2, 0) is 0 Å². The monoisotopic (exact) mass is 591 g/mol. The van der Waals surface area contributed by atoms with Crippen LogP contribution in [-0.4, -0.2) is 14.5 Å². The zero-order chi connectivity index (χ0) is 28.8. The molecule has 0 fully saturated rings. The maximum absolute atomic E-state index is 7.00. The van der Waals surface area contributed by atoms with E-state index in [1.54, 1.807) is 0 Å². The Balaban J connectivity index is 1.53. The molecule has 9 rings (SSSR count). The first-order valence-corrected chi connectivity index (χ1v) is 15.3. The molecule has 0 radical (unpaired) electrons. The molecule has 0 unspecified atom stereocenters. The molecule has 43 heavy (non-hydrogen) atoms. The first-order valence-electron chi connectivity index (χ1n) is 14.1. The molecule has 5 aromatic carbocycles. The highest BCUT2D eigenvalue weighted by Gasteiger charge is 2.25. The standard InChI is InChI=1S/C37H22ClN3OS/c1-3-4-11-21-18-19-28-29(20(21)2)31-23-13-6-5-12-22(23)30-24-14-7-9-16-26(24)41(33(30)34(31)43-28)36-35(38)40-37-32(39-36)25-15-8-10-17-27(25)42-37/h3-19H,1H2,2H3/b11-4-. The van der Waals surface area contributed by atoms with E-state index in [0.717, 1.165) is 27.4 Å². The fourth-order valence-corrected chi connectivity index (χ4v) is 8.17. The Labute approximate surface area is 254 Å². The Hall–Kier alpha value is -4.97. The molecule has 4 heterocycles. The van der Waals surface area contributed by atoms with E-state index in [0.29, 0.717) is 22.2 Å². The molecule has 0 saturated heterocycles. The Morgan fingerprint density at radius 2 is 1.53 bits per heavy atom. The first-order chi connectivity index (χ1) is 21.1. The van der Waals surface area contributed by atoms with Gasteiger partial charge >= 0.3 is 0 Å². The van der Waals surface area contributed by atoms with Gasteiger partial charge in [-0.1, -0.05) is 97.1 Å². The number of para-hydroxylation sites is 2. The van der Waals surface area contributed by atoms with Crippen LogP contribution < -0.4 is 0 Å². The van der Waals surface area contributed by atoms with Crippen LogP contribution in [0.5, 0.6) is 0 Å². The van der Waals surface area contributed by atoms with Crippen LogP contribution in [0.1, 0.15) is 11.1 Å². The van der Waals surface area contributed by atoms with Gasteiger partial charge in [-0.2, -0.15) is 4.98 Å². The smallest absolute Gasteiger partial charge is 0.247 e. The summed E-state index contributed by atoms with van der Waals surface area (Å²) in [4.78, 5) is 9.90. The zero-order valence-electron chi connectivity index (χ0n) is 23.1. The summed E-state index contributed by atoms with van der Waals surface area (Å²) >= 11 is 8.81. The Morgan fingerprint density at radius 1 is 0.814 bits per heavy atom. The number of hydrogen-bond donors (Lipinski definition) is 0. The van der Waals surface area contributed by atoms with Crippen molar-refractivity contribution in [2.75, 3.05) is 0 Å². The summed E-state index contributed by atoms with van der Waals surface area (Å²) in [6, 6.07) is 29.5. The van der Waals surface area contributed by atoms with Gasteiger partial charge < -0.3 is 4.42 Å². The van der Waals surface area contributed by atoms with E-state index in [4.69, 9.17) is 26.0 Å². The molecule has 9 aromatic rings. The number of allylic oxidation sites excluding steroid dienone is 2. The Morgan fingerprint density at radius 3 is 2.35 bits per heavy atom. The van der Waals surface area contributed by atoms with Gasteiger partial charge in [0.15, 0.2) is 11.0 Å². The molecule has 0 saturated carbocycles. The number of halogens is 1. The van der Waals surface area contributed by atoms with Gasteiger partial charge in [-0.25, -0.2) is 4.98 Å². The van der Waals surface area contributed by atoms with Gasteiger partial charge in [-0.15, -0.1) is 11.3 Å². The molecule has 0 N–H and O–H groups in total. The van der Waals surface area contributed by atoms with Crippen molar-refractivity contribution in [3.8, 4) is 5.82 Å². The van der Waals surface area contributed by atoms with E-state index < -0.39 is 0 Å². The van der Waals surface area contributed by atoms with Crippen molar-refractivity contribution >= 4 is 104 Å². The molecule has 4 nitrogen and oxygen atoms in total. The van der Waals surface area contributed by atoms with Gasteiger partial charge in [0.2, 0.25) is 5.71 Å². The highest BCUT2D eigenvalue weighted by molar-refractivity contribution is 7.27. The number of nitrogens with zero attached hydrogens (tertiary/aromatic N) is 3. The number of thiophene rings is 1. The lowest BCUT2D eigenvalue weighted by Gasteiger charge is -2.11. The maximum Gasteiger partial charge on any atom is 0.247 e. The second-order valence-electron chi connectivity index (χ2n) is 10.8. The third-order valence-corrected chi connectivity index (χ3v) is 9.91. The lowest BCUT2D eigenvalue weighted by molar-refractivity contribution is 0.652. The number of fused-ring (bicyclic) bond motifs is 13. The predicted molar refractivity (Wildman–Crippen MR) is 183 cm³/mol. The van der Waals surface area contributed by atoms with E-state index in [1.807, 2.05) is 47.8 Å². The van der Waals surface area contributed by atoms with E-state index in [1.165, 1.54) is 47.5 Å². The van der Waals surface area contributed by atoms with Gasteiger partial charge in [0.1, 0.15) is 11.1 Å². The average molecular weight is 592 g/mol. The van der Waals surface area contributed by atoms with Gasteiger partial charge in [0, 0.05) is 31.6 Å². The molecule has 204 valence electrons. The number of furan rings is 1. The van der Waals surface area contributed by atoms with Crippen LogP contribution in [0.25, 0.3) is 86.8 Å². The first kappa shape index (κ1) is 24.6. The summed E-state index contributed by atoms with van der Waals surface area (Å²) in [6.45, 7) is 6.08. The summed E-state index contributed by atoms with van der Waals surface area (Å²) in [5.74, 6) is 0.590. The van der Waals surface area contributed by atoms with Gasteiger partial charge in [-0.05, 0) is 53.1 Å². The van der Waals surface area contributed by atoms with Crippen LogP contribution in [0.4, 0.5) is 0 Å². The van der Waals surface area contributed by atoms with Crippen LogP contribution >= 0.6 is 22.9 Å². The van der Waals surface area contributed by atoms with Crippen molar-refractivity contribution in [3.05, 3.63) is 120 Å². The maximum atomic E-state index is 7.00. The van der Waals surface area contributed by atoms with Crippen molar-refractivity contribution in [3.63, 3.8) is 0 Å². The topological polar surface area (TPSA) is 43.9 Å². The van der Waals surface area contributed by atoms with Crippen LogP contribution in [0.2, 0.25) is 5.15 Å². The van der Waals surface area contributed by atoms with Gasteiger partial charge in [0.05, 0.1) is 15.7 Å². The fraction of sp³-hybridized carbons (Fsp3) is 0.0270. The van der Waals surface area contributed by atoms with Crippen LogP contribution in [0, 0.1) is 6.92 Å². The van der Waals surface area contributed by atoms with E-state index in [2.05, 4.69) is 84.8 Å². The van der Waals surface area contributed by atoms with Crippen LogP contribution in [0.15, 0.2) is 108 Å². The number of rotatable bonds is 3. The van der Waals surface area contributed by atoms with Crippen molar-refractivity contribution < 1.29 is 4.42 Å². The average Bonchev–Trinajstić information content (AvgIpc) is 3.70. The number of benzene rings is 5. The highest BCUT2D eigenvalue weighted by Crippen LogP contribution is 2.49. The minimum absolute atomic E-state index is 0.296. The van der Waals surface area contributed by atoms with Crippen molar-refractivity contribution in [1.82, 2.24) is 14.5 Å². The van der Waals surface area contributed by atoms with Crippen molar-refractivity contribution in [1.29, 1.82) is 0 Å². The van der Waals surface area contributed by atoms with E-state index >= 15 is 0 Å². The molecule has 0 spiro atoms. The number of hydrogen-bond acceptors (Lipinski definition) is 4. The summed E-state index contributed by atoms with van der Waals surface area (Å²) < 4.78 is 10.7. The summed E-state index contributed by atoms with van der Waals surface area (Å²) in [5.41, 5.74) is 6.42. The molecule has 0 atom stereocenters. The second-order valence-corrected chi connectivity index (χ2v) is 12.2. The molecule has 0 aliphatic heterocycles. The second kappa shape index (κ2) is 9.01. The molecule has 0 aliphatic carbocycles. The third kappa shape index (κ3) is 3.32. The fourth-order valence-electron chi connectivity index (χ4n) is 6.65. The highest BCUT2D eigenvalue weighted by atomic mass is 35.5. The number of aromatic nitrogens is 3. The minimum atomic E-state index is 0.296. The summed E-state index contributed by atoms with van der Waals surface area (Å²) in [6.07, 6.45) is 5.94. The summed E-state index contributed by atoms with van der Waals surface area (Å²) in [5, 5.41) is 8.50.